The topological polar surface area (TPSA) is 60.9 Å². The Morgan fingerprint density at radius 1 is 1.27 bits per heavy atom. The Morgan fingerprint density at radius 2 is 2.07 bits per heavy atom. The van der Waals surface area contributed by atoms with Crippen molar-refractivity contribution in [1.29, 1.82) is 0 Å². The van der Waals surface area contributed by atoms with E-state index < -0.39 is 0 Å². The minimum atomic E-state index is 0.0412. The van der Waals surface area contributed by atoms with Crippen molar-refractivity contribution in [3.8, 4) is 5.69 Å². The molecule has 1 atom stereocenters. The van der Waals surface area contributed by atoms with Crippen molar-refractivity contribution in [3.63, 3.8) is 0 Å². The van der Waals surface area contributed by atoms with Crippen LogP contribution in [0.15, 0.2) is 44.8 Å². The van der Waals surface area contributed by atoms with Crippen LogP contribution < -0.4 is 5.56 Å². The van der Waals surface area contributed by atoms with E-state index >= 15 is 0 Å². The minimum absolute atomic E-state index is 0.0412. The van der Waals surface area contributed by atoms with Crippen LogP contribution in [0, 0.1) is 19.8 Å². The monoisotopic (exact) mass is 437 g/mol. The number of thioether (sulfide) groups is 1. The molecule has 0 radical (unpaired) electrons. The zero-order valence-corrected chi connectivity index (χ0v) is 18.9. The van der Waals surface area contributed by atoms with Crippen molar-refractivity contribution in [3.05, 3.63) is 68.1 Å². The molecule has 0 saturated carbocycles. The van der Waals surface area contributed by atoms with E-state index in [2.05, 4.69) is 12.1 Å². The van der Waals surface area contributed by atoms with Crippen molar-refractivity contribution in [2.75, 3.05) is 0 Å². The lowest BCUT2D eigenvalue weighted by Crippen LogP contribution is -2.22. The van der Waals surface area contributed by atoms with Gasteiger partial charge in [-0.3, -0.25) is 9.36 Å². The third-order valence-corrected chi connectivity index (χ3v) is 7.95. The molecular weight excluding hydrogens is 414 g/mol. The highest BCUT2D eigenvalue weighted by molar-refractivity contribution is 7.98. The van der Waals surface area contributed by atoms with Crippen LogP contribution in [0.4, 0.5) is 0 Å². The van der Waals surface area contributed by atoms with Crippen LogP contribution in [0.25, 0.3) is 15.9 Å². The summed E-state index contributed by atoms with van der Waals surface area (Å²) < 4.78 is 7.08. The molecule has 3 aromatic heterocycles. The SMILES string of the molecule is Cc1noc(C)c1CSc1nc2sc3c(c2c(=O)n1-c1ccccc1)CC[C@@H](C)C3. The summed E-state index contributed by atoms with van der Waals surface area (Å²) in [7, 11) is 0. The van der Waals surface area contributed by atoms with Crippen molar-refractivity contribution in [1.82, 2.24) is 14.7 Å². The smallest absolute Gasteiger partial charge is 0.267 e. The second-order valence-electron chi connectivity index (χ2n) is 7.99. The van der Waals surface area contributed by atoms with Gasteiger partial charge in [0.2, 0.25) is 0 Å². The molecule has 0 N–H and O–H groups in total. The van der Waals surface area contributed by atoms with Crippen LogP contribution in [0.1, 0.15) is 40.8 Å². The van der Waals surface area contributed by atoms with Crippen LogP contribution in [0.3, 0.4) is 0 Å². The Morgan fingerprint density at radius 3 is 2.80 bits per heavy atom. The molecule has 0 saturated heterocycles. The quantitative estimate of drug-likeness (QED) is 0.313. The van der Waals surface area contributed by atoms with Gasteiger partial charge in [0.25, 0.3) is 5.56 Å². The number of rotatable bonds is 4. The van der Waals surface area contributed by atoms with E-state index in [9.17, 15) is 4.79 Å². The Labute approximate surface area is 183 Å². The molecular formula is C23H23N3O2S2. The Kier molecular flexibility index (Phi) is 5.03. The van der Waals surface area contributed by atoms with Gasteiger partial charge in [-0.15, -0.1) is 11.3 Å². The van der Waals surface area contributed by atoms with Crippen molar-refractivity contribution < 1.29 is 4.52 Å². The normalized spacial score (nSPS) is 16.2. The summed E-state index contributed by atoms with van der Waals surface area (Å²) in [6.45, 7) is 6.15. The molecule has 4 aromatic rings. The summed E-state index contributed by atoms with van der Waals surface area (Å²) >= 11 is 3.26. The second-order valence-corrected chi connectivity index (χ2v) is 10.0. The first-order chi connectivity index (χ1) is 14.5. The third kappa shape index (κ3) is 3.30. The third-order valence-electron chi connectivity index (χ3n) is 5.84. The number of fused-ring (bicyclic) bond motifs is 3. The fourth-order valence-electron chi connectivity index (χ4n) is 4.12. The Hall–Kier alpha value is -2.38. The van der Waals surface area contributed by atoms with Gasteiger partial charge in [0.1, 0.15) is 10.6 Å². The van der Waals surface area contributed by atoms with E-state index in [0.717, 1.165) is 52.2 Å². The van der Waals surface area contributed by atoms with Crippen molar-refractivity contribution >= 4 is 33.3 Å². The molecule has 5 nitrogen and oxygen atoms in total. The highest BCUT2D eigenvalue weighted by atomic mass is 32.2. The molecule has 0 amide bonds. The molecule has 0 aliphatic heterocycles. The molecule has 0 unspecified atom stereocenters. The lowest BCUT2D eigenvalue weighted by atomic mass is 9.89. The molecule has 1 aliphatic carbocycles. The van der Waals surface area contributed by atoms with Gasteiger partial charge in [-0.25, -0.2) is 4.98 Å². The molecule has 0 spiro atoms. The summed E-state index contributed by atoms with van der Waals surface area (Å²) in [4.78, 5) is 20.9. The zero-order chi connectivity index (χ0) is 20.8. The fourth-order valence-corrected chi connectivity index (χ4v) is 6.71. The predicted molar refractivity (Wildman–Crippen MR) is 122 cm³/mol. The molecule has 0 fully saturated rings. The van der Waals surface area contributed by atoms with Gasteiger partial charge in [0, 0.05) is 16.2 Å². The molecule has 1 aliphatic rings. The average molecular weight is 438 g/mol. The number of nitrogens with zero attached hydrogens (tertiary/aromatic N) is 3. The summed E-state index contributed by atoms with van der Waals surface area (Å²) in [6, 6.07) is 9.81. The van der Waals surface area contributed by atoms with Crippen LogP contribution in [0.5, 0.6) is 0 Å². The molecule has 30 heavy (non-hydrogen) atoms. The lowest BCUT2D eigenvalue weighted by molar-refractivity contribution is 0.392. The van der Waals surface area contributed by atoms with Gasteiger partial charge in [0.05, 0.1) is 16.8 Å². The molecule has 3 heterocycles. The molecule has 7 heteroatoms. The van der Waals surface area contributed by atoms with E-state index in [-0.39, 0.29) is 5.56 Å². The lowest BCUT2D eigenvalue weighted by Gasteiger charge is -2.17. The maximum absolute atomic E-state index is 13.7. The maximum atomic E-state index is 13.7. The molecule has 1 aromatic carbocycles. The zero-order valence-electron chi connectivity index (χ0n) is 17.3. The van der Waals surface area contributed by atoms with E-state index in [0.29, 0.717) is 16.8 Å². The highest BCUT2D eigenvalue weighted by Crippen LogP contribution is 2.37. The predicted octanol–water partition coefficient (Wildman–Crippen LogP) is 5.47. The molecule has 5 rings (SSSR count). The first-order valence-electron chi connectivity index (χ1n) is 10.2. The van der Waals surface area contributed by atoms with Gasteiger partial charge in [-0.05, 0) is 56.7 Å². The summed E-state index contributed by atoms with van der Waals surface area (Å²) in [6.07, 6.45) is 3.14. The number of thiophene rings is 1. The van der Waals surface area contributed by atoms with Crippen molar-refractivity contribution in [2.45, 2.75) is 50.9 Å². The Balaban J connectivity index is 1.67. The van der Waals surface area contributed by atoms with Crippen LogP contribution in [-0.4, -0.2) is 14.7 Å². The van der Waals surface area contributed by atoms with E-state index in [4.69, 9.17) is 9.51 Å². The van der Waals surface area contributed by atoms with Gasteiger partial charge in [-0.2, -0.15) is 0 Å². The average Bonchev–Trinajstić information content (AvgIpc) is 3.26. The fraction of sp³-hybridized carbons (Fsp3) is 0.348. The first-order valence-corrected chi connectivity index (χ1v) is 12.0. The number of aromatic nitrogens is 3. The van der Waals surface area contributed by atoms with Crippen LogP contribution >= 0.6 is 23.1 Å². The van der Waals surface area contributed by atoms with Crippen LogP contribution in [0.2, 0.25) is 0 Å². The first kappa shape index (κ1) is 19.6. The van der Waals surface area contributed by atoms with E-state index in [1.807, 2.05) is 44.2 Å². The van der Waals surface area contributed by atoms with Gasteiger partial charge >= 0.3 is 0 Å². The second kappa shape index (κ2) is 7.71. The highest BCUT2D eigenvalue weighted by Gasteiger charge is 2.25. The van der Waals surface area contributed by atoms with Gasteiger partial charge in [-0.1, -0.05) is 42.0 Å². The molecule has 0 bridgehead atoms. The summed E-state index contributed by atoms with van der Waals surface area (Å²) in [5.74, 6) is 2.14. The van der Waals surface area contributed by atoms with E-state index in [1.165, 1.54) is 10.4 Å². The number of aryl methyl sites for hydroxylation is 3. The largest absolute Gasteiger partial charge is 0.361 e. The standard InChI is InChI=1S/C23H23N3O2S2/c1-13-9-10-17-19(11-13)30-21-20(17)22(27)26(16-7-5-4-6-8-16)23(24-21)29-12-18-14(2)25-28-15(18)3/h4-8,13H,9-12H2,1-3H3/t13-/m1/s1. The number of benzene rings is 1. The van der Waals surface area contributed by atoms with E-state index in [1.54, 1.807) is 27.7 Å². The Bertz CT molecular complexity index is 1270. The summed E-state index contributed by atoms with van der Waals surface area (Å²) in [5.41, 5.74) is 4.06. The van der Waals surface area contributed by atoms with Crippen LogP contribution in [-0.2, 0) is 18.6 Å². The number of hydrogen-bond donors (Lipinski definition) is 0. The minimum Gasteiger partial charge on any atom is -0.361 e. The number of para-hydroxylation sites is 1. The number of hydrogen-bond acceptors (Lipinski definition) is 6. The van der Waals surface area contributed by atoms with Gasteiger partial charge in [0.15, 0.2) is 5.16 Å². The van der Waals surface area contributed by atoms with Gasteiger partial charge < -0.3 is 4.52 Å². The summed E-state index contributed by atoms with van der Waals surface area (Å²) in [5, 5.41) is 5.58. The maximum Gasteiger partial charge on any atom is 0.267 e. The molecule has 154 valence electrons. The van der Waals surface area contributed by atoms with Crippen molar-refractivity contribution in [2.24, 2.45) is 5.92 Å².